The number of aryl methyl sites for hydroxylation is 1. The number of halogens is 4. The summed E-state index contributed by atoms with van der Waals surface area (Å²) in [7, 11) is 0. The zero-order chi connectivity index (χ0) is 15.6. The predicted molar refractivity (Wildman–Crippen MR) is 67.4 cm³/mol. The van der Waals surface area contributed by atoms with Gasteiger partial charge in [0.05, 0.1) is 22.4 Å². The number of nitro groups is 1. The van der Waals surface area contributed by atoms with Crippen LogP contribution < -0.4 is 0 Å². The number of nitrogens with zero attached hydrogens (tertiary/aromatic N) is 4. The first kappa shape index (κ1) is 15.2. The van der Waals surface area contributed by atoms with Crippen molar-refractivity contribution in [3.05, 3.63) is 45.8 Å². The minimum Gasteiger partial charge on any atom is -0.258 e. The van der Waals surface area contributed by atoms with Crippen molar-refractivity contribution in [1.82, 2.24) is 15.0 Å². The van der Waals surface area contributed by atoms with Gasteiger partial charge in [0.15, 0.2) is 0 Å². The van der Waals surface area contributed by atoms with Crippen LogP contribution in [0.3, 0.4) is 0 Å². The molecular weight excluding hydrogens is 313 g/mol. The molecule has 10 heteroatoms. The normalized spacial score (nSPS) is 11.6. The lowest BCUT2D eigenvalue weighted by molar-refractivity contribution is -0.384. The first-order valence-electron chi connectivity index (χ1n) is 5.66. The molecule has 1 aromatic carbocycles. The van der Waals surface area contributed by atoms with E-state index in [1.165, 1.54) is 6.20 Å². The highest BCUT2D eigenvalue weighted by Gasteiger charge is 2.33. The Bertz CT molecular complexity index is 672. The summed E-state index contributed by atoms with van der Waals surface area (Å²) in [5.74, 6) is 0.286. The van der Waals surface area contributed by atoms with Gasteiger partial charge in [0.1, 0.15) is 5.69 Å². The molecule has 21 heavy (non-hydrogen) atoms. The van der Waals surface area contributed by atoms with Crippen LogP contribution in [0.5, 0.6) is 0 Å². The van der Waals surface area contributed by atoms with E-state index in [-0.39, 0.29) is 11.6 Å². The Kier molecular flexibility index (Phi) is 4.12. The number of hydrogen-bond donors (Lipinski definition) is 0. The van der Waals surface area contributed by atoms with Gasteiger partial charge in [-0.05, 0) is 12.1 Å². The second kappa shape index (κ2) is 5.68. The molecule has 0 atom stereocenters. The van der Waals surface area contributed by atoms with Gasteiger partial charge in [0.2, 0.25) is 0 Å². The number of hydrogen-bond acceptors (Lipinski definition) is 4. The van der Waals surface area contributed by atoms with Crippen molar-refractivity contribution in [1.29, 1.82) is 0 Å². The highest BCUT2D eigenvalue weighted by molar-refractivity contribution is 6.17. The maximum atomic E-state index is 12.6. The zero-order valence-electron chi connectivity index (χ0n) is 10.3. The van der Waals surface area contributed by atoms with Crippen LogP contribution in [-0.2, 0) is 12.6 Å². The summed E-state index contributed by atoms with van der Waals surface area (Å²) in [4.78, 5) is 10.1. The van der Waals surface area contributed by atoms with Gasteiger partial charge in [-0.1, -0.05) is 5.21 Å². The van der Waals surface area contributed by atoms with Crippen LogP contribution in [0.25, 0.3) is 5.69 Å². The smallest absolute Gasteiger partial charge is 0.258 e. The third kappa shape index (κ3) is 3.30. The maximum absolute atomic E-state index is 12.6. The fourth-order valence-electron chi connectivity index (χ4n) is 1.67. The Balaban J connectivity index is 2.49. The van der Waals surface area contributed by atoms with Crippen molar-refractivity contribution in [2.24, 2.45) is 0 Å². The van der Waals surface area contributed by atoms with E-state index < -0.39 is 22.4 Å². The average molecular weight is 321 g/mol. The van der Waals surface area contributed by atoms with Crippen LogP contribution in [0.2, 0.25) is 0 Å². The summed E-state index contributed by atoms with van der Waals surface area (Å²) in [5, 5.41) is 18.4. The lowest BCUT2D eigenvalue weighted by atomic mass is 10.1. The standard InChI is InChI=1S/C11H8ClF3N4O2/c12-4-3-8-6-18(17-16-8)9-2-1-7(11(13,14)15)5-10(9)19(20)21/h1-2,5-6H,3-4H2. The molecule has 0 unspecified atom stereocenters. The van der Waals surface area contributed by atoms with Gasteiger partial charge in [0.25, 0.3) is 5.69 Å². The number of benzene rings is 1. The van der Waals surface area contributed by atoms with Crippen LogP contribution in [-0.4, -0.2) is 25.8 Å². The number of aromatic nitrogens is 3. The molecule has 0 radical (unpaired) electrons. The fourth-order valence-corrected chi connectivity index (χ4v) is 1.86. The molecule has 0 amide bonds. The predicted octanol–water partition coefficient (Wildman–Crippen LogP) is 2.98. The van der Waals surface area contributed by atoms with Gasteiger partial charge in [0, 0.05) is 18.4 Å². The topological polar surface area (TPSA) is 73.8 Å². The largest absolute Gasteiger partial charge is 0.416 e. The Hall–Kier alpha value is -2.16. The Morgan fingerprint density at radius 2 is 2.10 bits per heavy atom. The van der Waals surface area contributed by atoms with E-state index in [0.29, 0.717) is 18.2 Å². The van der Waals surface area contributed by atoms with E-state index in [1.54, 1.807) is 0 Å². The SMILES string of the molecule is O=[N+]([O-])c1cc(C(F)(F)F)ccc1-n1cc(CCCl)nn1. The van der Waals surface area contributed by atoms with Crippen molar-refractivity contribution >= 4 is 17.3 Å². The molecule has 0 aliphatic heterocycles. The van der Waals surface area contributed by atoms with E-state index in [1.807, 2.05) is 0 Å². The van der Waals surface area contributed by atoms with Gasteiger partial charge in [-0.3, -0.25) is 10.1 Å². The molecule has 1 heterocycles. The number of rotatable bonds is 4. The van der Waals surface area contributed by atoms with Gasteiger partial charge >= 0.3 is 6.18 Å². The maximum Gasteiger partial charge on any atom is 0.416 e. The summed E-state index contributed by atoms with van der Waals surface area (Å²) >= 11 is 5.53. The third-order valence-corrected chi connectivity index (χ3v) is 2.83. The van der Waals surface area contributed by atoms with E-state index >= 15 is 0 Å². The monoisotopic (exact) mass is 320 g/mol. The zero-order valence-corrected chi connectivity index (χ0v) is 11.1. The molecule has 0 aliphatic carbocycles. The quantitative estimate of drug-likeness (QED) is 0.493. The van der Waals surface area contributed by atoms with Crippen molar-refractivity contribution in [3.8, 4) is 5.69 Å². The molecule has 112 valence electrons. The molecule has 2 aromatic rings. The van der Waals surface area contributed by atoms with Gasteiger partial charge in [-0.25, -0.2) is 4.68 Å². The summed E-state index contributed by atoms with van der Waals surface area (Å²) in [6, 6.07) is 2.21. The second-order valence-electron chi connectivity index (χ2n) is 4.05. The van der Waals surface area contributed by atoms with Crippen molar-refractivity contribution in [3.63, 3.8) is 0 Å². The number of alkyl halides is 4. The lowest BCUT2D eigenvalue weighted by Crippen LogP contribution is -2.08. The van der Waals surface area contributed by atoms with Crippen LogP contribution in [0, 0.1) is 10.1 Å². The van der Waals surface area contributed by atoms with Crippen LogP contribution in [0.4, 0.5) is 18.9 Å². The van der Waals surface area contributed by atoms with Crippen molar-refractivity contribution in [2.45, 2.75) is 12.6 Å². The average Bonchev–Trinajstić information content (AvgIpc) is 2.86. The lowest BCUT2D eigenvalue weighted by Gasteiger charge is -2.08. The summed E-state index contributed by atoms with van der Waals surface area (Å²) in [6.45, 7) is 0. The Morgan fingerprint density at radius 3 is 2.67 bits per heavy atom. The fraction of sp³-hybridized carbons (Fsp3) is 0.273. The molecule has 0 N–H and O–H groups in total. The summed E-state index contributed by atoms with van der Waals surface area (Å²) < 4.78 is 38.8. The number of nitro benzene ring substituents is 1. The van der Waals surface area contributed by atoms with E-state index in [0.717, 1.165) is 16.8 Å². The highest BCUT2D eigenvalue weighted by atomic mass is 35.5. The molecule has 0 saturated carbocycles. The molecule has 0 fully saturated rings. The Morgan fingerprint density at radius 1 is 1.38 bits per heavy atom. The molecule has 1 aromatic heterocycles. The van der Waals surface area contributed by atoms with Gasteiger partial charge in [-0.15, -0.1) is 16.7 Å². The summed E-state index contributed by atoms with van der Waals surface area (Å²) in [6.07, 6.45) is -2.87. The second-order valence-corrected chi connectivity index (χ2v) is 4.43. The Labute approximate surface area is 121 Å². The molecule has 0 aliphatic rings. The first-order chi connectivity index (χ1) is 9.82. The van der Waals surface area contributed by atoms with Gasteiger partial charge < -0.3 is 0 Å². The van der Waals surface area contributed by atoms with Crippen molar-refractivity contribution in [2.75, 3.05) is 5.88 Å². The summed E-state index contributed by atoms with van der Waals surface area (Å²) in [5.41, 5.74) is -1.41. The third-order valence-electron chi connectivity index (χ3n) is 2.64. The highest BCUT2D eigenvalue weighted by Crippen LogP contribution is 2.34. The first-order valence-corrected chi connectivity index (χ1v) is 6.19. The molecule has 2 rings (SSSR count). The van der Waals surface area contributed by atoms with Gasteiger partial charge in [-0.2, -0.15) is 13.2 Å². The minimum absolute atomic E-state index is 0.0960. The van der Waals surface area contributed by atoms with Crippen LogP contribution >= 0.6 is 11.6 Å². The minimum atomic E-state index is -4.66. The molecule has 0 bridgehead atoms. The molecule has 0 saturated heterocycles. The van der Waals surface area contributed by atoms with Crippen LogP contribution in [0.15, 0.2) is 24.4 Å². The van der Waals surface area contributed by atoms with E-state index in [9.17, 15) is 23.3 Å². The van der Waals surface area contributed by atoms with Crippen LogP contribution in [0.1, 0.15) is 11.3 Å². The molecular formula is C11H8ClF3N4O2. The van der Waals surface area contributed by atoms with E-state index in [2.05, 4.69) is 10.3 Å². The van der Waals surface area contributed by atoms with Crippen molar-refractivity contribution < 1.29 is 18.1 Å². The molecule has 0 spiro atoms. The van der Waals surface area contributed by atoms with E-state index in [4.69, 9.17) is 11.6 Å². The molecule has 6 nitrogen and oxygen atoms in total.